The van der Waals surface area contributed by atoms with Crippen molar-refractivity contribution in [3.05, 3.63) is 30.3 Å². The molecule has 8 N–H and O–H groups in total. The molecule has 2 aromatic rings. The van der Waals surface area contributed by atoms with E-state index in [0.717, 1.165) is 6.07 Å². The van der Waals surface area contributed by atoms with E-state index < -0.39 is 23.4 Å². The van der Waals surface area contributed by atoms with Crippen LogP contribution in [-0.2, 0) is 11.4 Å². The molecule has 0 heterocycles. The summed E-state index contributed by atoms with van der Waals surface area (Å²) in [5.74, 6) is 10.8. The molecule has 0 saturated heterocycles. The molecular weight excluding hydrogens is 340 g/mol. The number of nitrogens with zero attached hydrogens (tertiary/aromatic N) is 2. The molecule has 24 heavy (non-hydrogen) atoms. The first kappa shape index (κ1) is 17.4. The quantitative estimate of drug-likeness (QED) is 0.247. The number of carbonyl (C=O) groups is 2. The number of urea groups is 2. The smallest absolute Gasteiger partial charge is 0.333 e. The number of rotatable bonds is 4. The van der Waals surface area contributed by atoms with E-state index in [2.05, 4.69) is 4.18 Å². The fourth-order valence-electron chi connectivity index (χ4n) is 2.13. The number of anilines is 2. The van der Waals surface area contributed by atoms with Gasteiger partial charge >= 0.3 is 12.1 Å². The van der Waals surface area contributed by atoms with E-state index in [1.807, 2.05) is 0 Å². The number of amides is 4. The van der Waals surface area contributed by atoms with Crippen molar-refractivity contribution < 1.29 is 22.5 Å². The summed E-state index contributed by atoms with van der Waals surface area (Å²) in [7, 11) is 0. The Labute approximate surface area is 138 Å². The molecule has 0 radical (unpaired) electrons. The third kappa shape index (κ3) is 3.21. The van der Waals surface area contributed by atoms with Gasteiger partial charge in [-0.3, -0.25) is 0 Å². The number of hydrogen-bond acceptors (Lipinski definition) is 7. The Balaban J connectivity index is 2.88. The molecule has 0 aromatic heterocycles. The molecule has 11 nitrogen and oxygen atoms in total. The summed E-state index contributed by atoms with van der Waals surface area (Å²) < 4.78 is 26.5. The van der Waals surface area contributed by atoms with Crippen LogP contribution in [0.1, 0.15) is 0 Å². The van der Waals surface area contributed by atoms with Gasteiger partial charge in [-0.05, 0) is 0 Å². The fraction of sp³-hybridized carbons (Fsp3) is 0. The first-order valence-electron chi connectivity index (χ1n) is 6.26. The van der Waals surface area contributed by atoms with Crippen molar-refractivity contribution >= 4 is 45.6 Å². The zero-order chi connectivity index (χ0) is 18.0. The van der Waals surface area contributed by atoms with Crippen molar-refractivity contribution in [1.82, 2.24) is 0 Å². The van der Waals surface area contributed by atoms with Crippen LogP contribution in [0.25, 0.3) is 10.8 Å². The number of fused-ring (bicyclic) bond motifs is 1. The van der Waals surface area contributed by atoms with Gasteiger partial charge in [0, 0.05) is 16.8 Å². The predicted molar refractivity (Wildman–Crippen MR) is 86.0 cm³/mol. The second-order valence-electron chi connectivity index (χ2n) is 4.49. The molecule has 0 aliphatic rings. The Hall–Kier alpha value is -2.93. The first-order chi connectivity index (χ1) is 11.2. The molecule has 128 valence electrons. The minimum Gasteiger partial charge on any atom is -0.740 e. The van der Waals surface area contributed by atoms with Gasteiger partial charge in [0.2, 0.25) is 0 Å². The summed E-state index contributed by atoms with van der Waals surface area (Å²) in [6.07, 6.45) is 0. The lowest BCUT2D eigenvalue weighted by molar-refractivity contribution is 0.253. The molecule has 0 bridgehead atoms. The van der Waals surface area contributed by atoms with Gasteiger partial charge in [0.05, 0.1) is 5.69 Å². The van der Waals surface area contributed by atoms with Crippen LogP contribution in [0.3, 0.4) is 0 Å². The average molecular weight is 353 g/mol. The molecule has 2 rings (SSSR count). The first-order valence-corrected chi connectivity index (χ1v) is 7.26. The molecule has 12 heteroatoms. The number of primary amides is 2. The average Bonchev–Trinajstić information content (AvgIpc) is 2.52. The van der Waals surface area contributed by atoms with Gasteiger partial charge in [-0.2, -0.15) is 0 Å². The van der Waals surface area contributed by atoms with E-state index in [-0.39, 0.29) is 22.5 Å². The monoisotopic (exact) mass is 353 g/mol. The van der Waals surface area contributed by atoms with Crippen molar-refractivity contribution in [1.29, 1.82) is 0 Å². The zero-order valence-corrected chi connectivity index (χ0v) is 12.9. The van der Waals surface area contributed by atoms with Gasteiger partial charge in [0.25, 0.3) is 0 Å². The molecule has 0 aliphatic heterocycles. The molecule has 4 amide bonds. The number of nitrogens with two attached hydrogens (primary N) is 4. The van der Waals surface area contributed by atoms with Crippen LogP contribution in [0.4, 0.5) is 21.0 Å². The fourth-order valence-corrected chi connectivity index (χ4v) is 2.40. The lowest BCUT2D eigenvalue weighted by Gasteiger charge is -2.24. The summed E-state index contributed by atoms with van der Waals surface area (Å²) in [4.78, 5) is 22.8. The topological polar surface area (TPSA) is 194 Å². The van der Waals surface area contributed by atoms with E-state index in [1.54, 1.807) is 18.2 Å². The van der Waals surface area contributed by atoms with Gasteiger partial charge < -0.3 is 20.2 Å². The largest absolute Gasteiger partial charge is 0.740 e. The molecule has 0 aliphatic carbocycles. The molecule has 1 unspecified atom stereocenters. The molecule has 0 fully saturated rings. The standard InChI is InChI=1S/C12H14N6O5S/c13-11(19)17(15)8-5-9(23-24(21)22)10(18(16)12(14)20)7-4-2-1-3-6(7)8/h1-5H,15-16H2,(H2,13,19)(H2,14,20)(H,21,22)/p-1. The van der Waals surface area contributed by atoms with Crippen LogP contribution in [0.5, 0.6) is 5.75 Å². The normalized spacial score (nSPS) is 11.8. The van der Waals surface area contributed by atoms with Crippen molar-refractivity contribution in [2.45, 2.75) is 0 Å². The Morgan fingerprint density at radius 3 is 2.08 bits per heavy atom. The molecule has 1 atom stereocenters. The number of hydrazine groups is 2. The Kier molecular flexibility index (Phi) is 4.85. The molecule has 2 aromatic carbocycles. The third-order valence-corrected chi connectivity index (χ3v) is 3.41. The predicted octanol–water partition coefficient (Wildman–Crippen LogP) is -0.470. The molecular formula is C12H13N6O5S-. The van der Waals surface area contributed by atoms with E-state index >= 15 is 0 Å². The Bertz CT molecular complexity index is 844. The van der Waals surface area contributed by atoms with Crippen molar-refractivity contribution in [2.24, 2.45) is 23.2 Å². The second kappa shape index (κ2) is 6.67. The zero-order valence-electron chi connectivity index (χ0n) is 12.0. The SMILES string of the molecule is NC(=O)N(N)c1cc(OS(=O)[O-])c(N(N)C(N)=O)c2ccccc12. The Morgan fingerprint density at radius 1 is 1.04 bits per heavy atom. The maximum Gasteiger partial charge on any atom is 0.333 e. The molecule has 0 saturated carbocycles. The van der Waals surface area contributed by atoms with Crippen LogP contribution >= 0.6 is 0 Å². The lowest BCUT2D eigenvalue weighted by Crippen LogP contribution is -2.43. The number of carbonyl (C=O) groups excluding carboxylic acids is 2. The highest BCUT2D eigenvalue weighted by Gasteiger charge is 2.23. The van der Waals surface area contributed by atoms with Gasteiger partial charge in [0.1, 0.15) is 17.0 Å². The summed E-state index contributed by atoms with van der Waals surface area (Å²) in [5.41, 5.74) is 10.2. The van der Waals surface area contributed by atoms with Crippen LogP contribution in [-0.4, -0.2) is 20.8 Å². The van der Waals surface area contributed by atoms with E-state index in [4.69, 9.17) is 23.2 Å². The van der Waals surface area contributed by atoms with Crippen molar-refractivity contribution in [3.63, 3.8) is 0 Å². The van der Waals surface area contributed by atoms with E-state index in [1.165, 1.54) is 6.07 Å². The van der Waals surface area contributed by atoms with Crippen LogP contribution in [0.15, 0.2) is 30.3 Å². The summed E-state index contributed by atoms with van der Waals surface area (Å²) in [6, 6.07) is 5.32. The minimum absolute atomic E-state index is 0.0418. The van der Waals surface area contributed by atoms with Crippen molar-refractivity contribution in [2.75, 3.05) is 10.0 Å². The van der Waals surface area contributed by atoms with Gasteiger partial charge in [-0.15, -0.1) is 0 Å². The maximum absolute atomic E-state index is 11.4. The summed E-state index contributed by atoms with van der Waals surface area (Å²) >= 11 is -2.99. The van der Waals surface area contributed by atoms with E-state index in [9.17, 15) is 18.4 Å². The molecule has 0 spiro atoms. The minimum atomic E-state index is -2.99. The third-order valence-electron chi connectivity index (χ3n) is 3.09. The van der Waals surface area contributed by atoms with Crippen LogP contribution in [0, 0.1) is 0 Å². The summed E-state index contributed by atoms with van der Waals surface area (Å²) in [6.45, 7) is 0. The number of benzene rings is 2. The van der Waals surface area contributed by atoms with Crippen LogP contribution < -0.4 is 37.4 Å². The van der Waals surface area contributed by atoms with Crippen LogP contribution in [0.2, 0.25) is 0 Å². The van der Waals surface area contributed by atoms with Gasteiger partial charge in [-0.1, -0.05) is 24.3 Å². The van der Waals surface area contributed by atoms with Gasteiger partial charge in [0.15, 0.2) is 5.75 Å². The summed E-state index contributed by atoms with van der Waals surface area (Å²) in [5, 5.41) is 1.72. The highest BCUT2D eigenvalue weighted by atomic mass is 32.2. The Morgan fingerprint density at radius 2 is 1.58 bits per heavy atom. The lowest BCUT2D eigenvalue weighted by atomic mass is 10.1. The van der Waals surface area contributed by atoms with Crippen molar-refractivity contribution in [3.8, 4) is 5.75 Å². The van der Waals surface area contributed by atoms with E-state index in [0.29, 0.717) is 15.4 Å². The highest BCUT2D eigenvalue weighted by Crippen LogP contribution is 2.41. The number of hydrogen-bond donors (Lipinski definition) is 4. The van der Waals surface area contributed by atoms with Gasteiger partial charge in [-0.25, -0.2) is 35.5 Å². The second-order valence-corrected chi connectivity index (χ2v) is 5.07. The highest BCUT2D eigenvalue weighted by molar-refractivity contribution is 7.74. The maximum atomic E-state index is 11.4.